The molecule has 3 saturated heterocycles. The first-order chi connectivity index (χ1) is 22.5. The maximum absolute atomic E-state index is 16.8. The molecule has 2 aromatic heterocycles. The predicted octanol–water partition coefficient (Wildman–Crippen LogP) is 8.27. The van der Waals surface area contributed by atoms with Crippen molar-refractivity contribution in [3.05, 3.63) is 89.3 Å². The molecule has 234 valence electrons. The van der Waals surface area contributed by atoms with Crippen LogP contribution in [0.25, 0.3) is 32.9 Å². The van der Waals surface area contributed by atoms with Crippen LogP contribution in [0.2, 0.25) is 5.02 Å². The van der Waals surface area contributed by atoms with E-state index in [-0.39, 0.29) is 22.8 Å². The van der Waals surface area contributed by atoms with E-state index in [1.54, 1.807) is 6.20 Å². The first-order valence-corrected chi connectivity index (χ1v) is 17.1. The predicted molar refractivity (Wildman–Crippen MR) is 181 cm³/mol. The van der Waals surface area contributed by atoms with Gasteiger partial charge < -0.3 is 9.64 Å². The highest BCUT2D eigenvalue weighted by atomic mass is 35.5. The van der Waals surface area contributed by atoms with Crippen LogP contribution in [0.5, 0.6) is 6.01 Å². The highest BCUT2D eigenvalue weighted by Gasteiger charge is 2.49. The van der Waals surface area contributed by atoms with Gasteiger partial charge in [-0.2, -0.15) is 9.97 Å². The Labute approximate surface area is 273 Å². The third-order valence-corrected chi connectivity index (χ3v) is 11.5. The number of ether oxygens (including phenoxy) is 1. The van der Waals surface area contributed by atoms with E-state index in [1.807, 2.05) is 36.4 Å². The molecule has 3 aromatic carbocycles. The second kappa shape index (κ2) is 11.2. The molecule has 0 N–H and O–H groups in total. The number of anilines is 1. The Hall–Kier alpha value is -3.81. The molecule has 0 spiro atoms. The third-order valence-electron chi connectivity index (χ3n) is 11.2. The molecule has 4 aliphatic rings. The monoisotopic (exact) mass is 633 g/mol. The summed E-state index contributed by atoms with van der Waals surface area (Å²) in [5.41, 5.74) is 2.46. The largest absolute Gasteiger partial charge is 0.461 e. The molecule has 2 bridgehead atoms. The summed E-state index contributed by atoms with van der Waals surface area (Å²) in [6.07, 6.45) is 8.77. The van der Waals surface area contributed by atoms with E-state index in [9.17, 15) is 0 Å². The van der Waals surface area contributed by atoms with Crippen LogP contribution in [-0.4, -0.2) is 58.2 Å². The Bertz CT molecular complexity index is 1940. The Morgan fingerprint density at radius 1 is 0.935 bits per heavy atom. The Kier molecular flexibility index (Phi) is 6.90. The Morgan fingerprint density at radius 3 is 2.57 bits per heavy atom. The summed E-state index contributed by atoms with van der Waals surface area (Å²) < 4.78 is 23.4. The summed E-state index contributed by atoms with van der Waals surface area (Å²) in [5, 5.41) is 2.92. The molecular formula is C38H37ClFN5O. The fourth-order valence-electron chi connectivity index (χ4n) is 9.06. The minimum absolute atomic E-state index is 0.0646. The molecule has 4 atom stereocenters. The number of fused-ring (bicyclic) bond motifs is 5. The molecule has 0 amide bonds. The number of rotatable bonds is 6. The van der Waals surface area contributed by atoms with Gasteiger partial charge in [0.15, 0.2) is 5.82 Å². The fourth-order valence-corrected chi connectivity index (χ4v) is 9.34. The molecule has 8 heteroatoms. The van der Waals surface area contributed by atoms with Crippen molar-refractivity contribution in [3.63, 3.8) is 0 Å². The normalized spacial score (nSPS) is 25.9. The zero-order valence-corrected chi connectivity index (χ0v) is 26.6. The SMILES string of the molecule is Fc1c(-c2cccc3cccc(Cl)c23)ncc2c(N3CC4CCC(C4)C3)nc(OC[C@]34CCCN3C[C@H](c3ccccc3)C4)nc12. The van der Waals surface area contributed by atoms with Gasteiger partial charge in [-0.25, -0.2) is 4.39 Å². The fraction of sp³-hybridized carbons (Fsp3) is 0.395. The van der Waals surface area contributed by atoms with Crippen LogP contribution < -0.4 is 9.64 Å². The van der Waals surface area contributed by atoms with E-state index in [0.717, 1.165) is 62.0 Å². The molecule has 2 unspecified atom stereocenters. The van der Waals surface area contributed by atoms with Gasteiger partial charge in [-0.15, -0.1) is 0 Å². The number of hydrogen-bond acceptors (Lipinski definition) is 6. The maximum atomic E-state index is 16.8. The van der Waals surface area contributed by atoms with E-state index in [4.69, 9.17) is 31.3 Å². The maximum Gasteiger partial charge on any atom is 0.319 e. The lowest BCUT2D eigenvalue weighted by Gasteiger charge is -2.34. The van der Waals surface area contributed by atoms with Crippen molar-refractivity contribution in [2.75, 3.05) is 37.7 Å². The summed E-state index contributed by atoms with van der Waals surface area (Å²) >= 11 is 6.66. The summed E-state index contributed by atoms with van der Waals surface area (Å²) in [5.74, 6) is 2.02. The van der Waals surface area contributed by atoms with Gasteiger partial charge in [0.1, 0.15) is 23.6 Å². The highest BCUT2D eigenvalue weighted by molar-refractivity contribution is 6.36. The number of benzene rings is 3. The second-order valence-electron chi connectivity index (χ2n) is 14.0. The summed E-state index contributed by atoms with van der Waals surface area (Å²) in [6.45, 7) is 4.43. The molecule has 5 aromatic rings. The molecule has 1 saturated carbocycles. The van der Waals surface area contributed by atoms with Crippen LogP contribution >= 0.6 is 11.6 Å². The van der Waals surface area contributed by atoms with Crippen molar-refractivity contribution in [1.82, 2.24) is 19.9 Å². The smallest absolute Gasteiger partial charge is 0.319 e. The molecule has 6 nitrogen and oxygen atoms in total. The van der Waals surface area contributed by atoms with Crippen LogP contribution in [0.3, 0.4) is 0 Å². The molecular weight excluding hydrogens is 597 g/mol. The van der Waals surface area contributed by atoms with Crippen LogP contribution in [0, 0.1) is 17.7 Å². The molecule has 9 rings (SSSR count). The van der Waals surface area contributed by atoms with Crippen molar-refractivity contribution >= 4 is 39.1 Å². The van der Waals surface area contributed by atoms with Gasteiger partial charge in [0.2, 0.25) is 0 Å². The van der Waals surface area contributed by atoms with Gasteiger partial charge in [0.05, 0.1) is 10.9 Å². The van der Waals surface area contributed by atoms with Crippen LogP contribution in [0.4, 0.5) is 10.2 Å². The molecule has 3 aliphatic heterocycles. The van der Waals surface area contributed by atoms with E-state index in [0.29, 0.717) is 40.3 Å². The Balaban J connectivity index is 1.12. The number of nitrogens with zero attached hydrogens (tertiary/aromatic N) is 5. The minimum atomic E-state index is -0.468. The number of hydrogen-bond donors (Lipinski definition) is 0. The number of halogens is 2. The van der Waals surface area contributed by atoms with Crippen molar-refractivity contribution in [2.45, 2.75) is 50.0 Å². The van der Waals surface area contributed by atoms with Gasteiger partial charge in [-0.05, 0) is 79.8 Å². The first kappa shape index (κ1) is 28.4. The average molecular weight is 634 g/mol. The molecule has 0 radical (unpaired) electrons. The van der Waals surface area contributed by atoms with Crippen molar-refractivity contribution in [2.24, 2.45) is 11.8 Å². The van der Waals surface area contributed by atoms with Crippen molar-refractivity contribution < 1.29 is 9.13 Å². The van der Waals surface area contributed by atoms with Crippen LogP contribution in [0.1, 0.15) is 50.0 Å². The highest BCUT2D eigenvalue weighted by Crippen LogP contribution is 2.46. The molecule has 1 aliphatic carbocycles. The number of aromatic nitrogens is 3. The van der Waals surface area contributed by atoms with Crippen molar-refractivity contribution in [1.29, 1.82) is 0 Å². The van der Waals surface area contributed by atoms with Crippen LogP contribution in [-0.2, 0) is 0 Å². The lowest BCUT2D eigenvalue weighted by Crippen LogP contribution is -2.43. The van der Waals surface area contributed by atoms with Gasteiger partial charge in [-0.3, -0.25) is 9.88 Å². The van der Waals surface area contributed by atoms with Gasteiger partial charge >= 0.3 is 6.01 Å². The summed E-state index contributed by atoms with van der Waals surface area (Å²) in [7, 11) is 0. The molecule has 4 fully saturated rings. The quantitative estimate of drug-likeness (QED) is 0.188. The van der Waals surface area contributed by atoms with Crippen LogP contribution in [0.15, 0.2) is 72.9 Å². The summed E-state index contributed by atoms with van der Waals surface area (Å²) in [4.78, 5) is 19.5. The van der Waals surface area contributed by atoms with Gasteiger partial charge in [0.25, 0.3) is 0 Å². The summed E-state index contributed by atoms with van der Waals surface area (Å²) in [6, 6.07) is 22.6. The number of pyridine rings is 1. The van der Waals surface area contributed by atoms with Crippen molar-refractivity contribution in [3.8, 4) is 17.3 Å². The lowest BCUT2D eigenvalue weighted by atomic mass is 9.87. The van der Waals surface area contributed by atoms with Gasteiger partial charge in [-0.1, -0.05) is 72.3 Å². The topological polar surface area (TPSA) is 54.4 Å². The zero-order chi connectivity index (χ0) is 30.8. The van der Waals surface area contributed by atoms with E-state index < -0.39 is 5.82 Å². The van der Waals surface area contributed by atoms with E-state index in [1.165, 1.54) is 24.8 Å². The molecule has 5 heterocycles. The van der Waals surface area contributed by atoms with Gasteiger partial charge in [0, 0.05) is 41.8 Å². The standard InChI is InChI=1S/C38H37ClFN5O/c39-31-12-5-10-27-9-4-11-29(32(27)31)34-33(40)35-30(19-41-34)36(44-20-24-13-14-25(17-24)21-44)43-37(42-35)46-23-38-15-6-16-45(38)22-28(18-38)26-7-2-1-3-8-26/h1-5,7-12,19,24-25,28H,6,13-18,20-23H2/t24?,25?,28-,38-/m1/s1. The minimum Gasteiger partial charge on any atom is -0.461 e. The lowest BCUT2D eigenvalue weighted by molar-refractivity contribution is 0.107. The third kappa shape index (κ3) is 4.73. The Morgan fingerprint density at radius 2 is 1.74 bits per heavy atom. The number of piperidine rings is 1. The first-order valence-electron chi connectivity index (χ1n) is 16.8. The average Bonchev–Trinajstić information content (AvgIpc) is 3.75. The van der Waals surface area contributed by atoms with E-state index in [2.05, 4.69) is 40.1 Å². The molecule has 46 heavy (non-hydrogen) atoms. The van der Waals surface area contributed by atoms with E-state index >= 15 is 4.39 Å². The second-order valence-corrected chi connectivity index (χ2v) is 14.4. The zero-order valence-electron chi connectivity index (χ0n) is 25.8.